The van der Waals surface area contributed by atoms with Crippen molar-refractivity contribution in [1.29, 1.82) is 0 Å². The molecule has 0 fully saturated rings. The van der Waals surface area contributed by atoms with Crippen molar-refractivity contribution >= 4 is 0 Å². The van der Waals surface area contributed by atoms with Crippen molar-refractivity contribution in [2.24, 2.45) is 0 Å². The zero-order valence-corrected chi connectivity index (χ0v) is 12.9. The lowest BCUT2D eigenvalue weighted by Crippen LogP contribution is -2.24. The van der Waals surface area contributed by atoms with Gasteiger partial charge in [0.15, 0.2) is 0 Å². The molecule has 114 valence electrons. The molecule has 3 heteroatoms. The molecule has 0 aliphatic rings. The van der Waals surface area contributed by atoms with Crippen molar-refractivity contribution in [2.45, 2.75) is 45.1 Å². The van der Waals surface area contributed by atoms with Crippen LogP contribution in [0.3, 0.4) is 0 Å². The second-order valence-electron chi connectivity index (χ2n) is 5.26. The Labute approximate surface area is 123 Å². The second-order valence-corrected chi connectivity index (χ2v) is 5.26. The van der Waals surface area contributed by atoms with Crippen molar-refractivity contribution in [1.82, 2.24) is 5.32 Å². The van der Waals surface area contributed by atoms with Gasteiger partial charge in [0.05, 0.1) is 12.7 Å². The molecule has 1 atom stereocenters. The Morgan fingerprint density at radius 1 is 1.15 bits per heavy atom. The number of ether oxygens (including phenoxy) is 1. The van der Waals surface area contributed by atoms with Crippen LogP contribution in [-0.2, 0) is 11.2 Å². The third kappa shape index (κ3) is 7.04. The molecule has 1 unspecified atom stereocenters. The molecule has 0 bridgehead atoms. The largest absolute Gasteiger partial charge is 0.387 e. The summed E-state index contributed by atoms with van der Waals surface area (Å²) in [6, 6.07) is 8.36. The molecule has 0 spiro atoms. The number of nitrogens with one attached hydrogen (secondary N) is 1. The summed E-state index contributed by atoms with van der Waals surface area (Å²) in [7, 11) is 1.68. The summed E-state index contributed by atoms with van der Waals surface area (Å²) >= 11 is 0. The first-order chi connectivity index (χ1) is 9.77. The number of rotatable bonds is 11. The van der Waals surface area contributed by atoms with Crippen molar-refractivity contribution < 1.29 is 9.84 Å². The van der Waals surface area contributed by atoms with Gasteiger partial charge >= 0.3 is 0 Å². The Kier molecular flexibility index (Phi) is 9.29. The Morgan fingerprint density at radius 3 is 2.55 bits per heavy atom. The van der Waals surface area contributed by atoms with Crippen LogP contribution >= 0.6 is 0 Å². The van der Waals surface area contributed by atoms with Gasteiger partial charge in [-0.2, -0.15) is 0 Å². The molecule has 0 saturated carbocycles. The molecular formula is C17H29NO2. The molecule has 0 aliphatic carbocycles. The fraction of sp³-hybridized carbons (Fsp3) is 0.647. The summed E-state index contributed by atoms with van der Waals surface area (Å²) in [6.07, 6.45) is 5.87. The molecular weight excluding hydrogens is 250 g/mol. The van der Waals surface area contributed by atoms with Gasteiger partial charge in [-0.15, -0.1) is 0 Å². The van der Waals surface area contributed by atoms with E-state index in [1.165, 1.54) is 31.2 Å². The van der Waals surface area contributed by atoms with Crippen LogP contribution in [0.5, 0.6) is 0 Å². The maximum Gasteiger partial charge on any atom is 0.0914 e. The first kappa shape index (κ1) is 17.2. The van der Waals surface area contributed by atoms with Gasteiger partial charge in [0.25, 0.3) is 0 Å². The molecule has 0 heterocycles. The van der Waals surface area contributed by atoms with E-state index < -0.39 is 6.10 Å². The fourth-order valence-corrected chi connectivity index (χ4v) is 2.19. The molecule has 1 aromatic carbocycles. The number of hydrogen-bond acceptors (Lipinski definition) is 3. The summed E-state index contributed by atoms with van der Waals surface area (Å²) in [5.74, 6) is 0. The smallest absolute Gasteiger partial charge is 0.0914 e. The van der Waals surface area contributed by atoms with Crippen molar-refractivity contribution in [3.63, 3.8) is 0 Å². The first-order valence-electron chi connectivity index (χ1n) is 7.74. The molecule has 0 amide bonds. The van der Waals surface area contributed by atoms with Gasteiger partial charge < -0.3 is 15.2 Å². The van der Waals surface area contributed by atoms with E-state index in [4.69, 9.17) is 4.74 Å². The van der Waals surface area contributed by atoms with Crippen LogP contribution in [0.15, 0.2) is 24.3 Å². The van der Waals surface area contributed by atoms with Crippen LogP contribution in [0, 0.1) is 0 Å². The third-order valence-corrected chi connectivity index (χ3v) is 3.50. The minimum absolute atomic E-state index is 0.444. The SMILES string of the molecule is CCCCCCc1ccc(C(O)CNCCOC)cc1. The molecule has 0 aromatic heterocycles. The lowest BCUT2D eigenvalue weighted by atomic mass is 10.0. The number of benzene rings is 1. The van der Waals surface area contributed by atoms with Crippen LogP contribution in [0.25, 0.3) is 0 Å². The van der Waals surface area contributed by atoms with Gasteiger partial charge in [0.1, 0.15) is 0 Å². The highest BCUT2D eigenvalue weighted by Gasteiger charge is 2.06. The monoisotopic (exact) mass is 279 g/mol. The van der Waals surface area contributed by atoms with E-state index in [9.17, 15) is 5.11 Å². The lowest BCUT2D eigenvalue weighted by Gasteiger charge is -2.12. The van der Waals surface area contributed by atoms with Gasteiger partial charge in [0, 0.05) is 20.2 Å². The zero-order chi connectivity index (χ0) is 14.6. The van der Waals surface area contributed by atoms with E-state index in [1.54, 1.807) is 7.11 Å². The van der Waals surface area contributed by atoms with E-state index in [0.717, 1.165) is 18.5 Å². The van der Waals surface area contributed by atoms with Crippen LogP contribution < -0.4 is 5.32 Å². The minimum atomic E-state index is -0.444. The van der Waals surface area contributed by atoms with E-state index in [2.05, 4.69) is 24.4 Å². The number of methoxy groups -OCH3 is 1. The average molecular weight is 279 g/mol. The van der Waals surface area contributed by atoms with E-state index >= 15 is 0 Å². The highest BCUT2D eigenvalue weighted by molar-refractivity contribution is 5.24. The standard InChI is InChI=1S/C17H29NO2/c1-3-4-5-6-7-15-8-10-16(11-9-15)17(19)14-18-12-13-20-2/h8-11,17-19H,3-7,12-14H2,1-2H3. The first-order valence-corrected chi connectivity index (χ1v) is 7.74. The molecule has 0 aliphatic heterocycles. The predicted molar refractivity (Wildman–Crippen MR) is 84.0 cm³/mol. The number of aliphatic hydroxyl groups is 1. The molecule has 1 rings (SSSR count). The predicted octanol–water partition coefficient (Wildman–Crippen LogP) is 3.08. The van der Waals surface area contributed by atoms with E-state index in [0.29, 0.717) is 13.2 Å². The summed E-state index contributed by atoms with van der Waals surface area (Å²) in [5.41, 5.74) is 2.34. The Balaban J connectivity index is 2.29. The highest BCUT2D eigenvalue weighted by Crippen LogP contribution is 2.15. The Morgan fingerprint density at radius 2 is 1.90 bits per heavy atom. The van der Waals surface area contributed by atoms with Crippen LogP contribution in [0.4, 0.5) is 0 Å². The average Bonchev–Trinajstić information content (AvgIpc) is 2.48. The summed E-state index contributed by atoms with van der Waals surface area (Å²) < 4.78 is 4.96. The second kappa shape index (κ2) is 10.8. The molecule has 2 N–H and O–H groups in total. The van der Waals surface area contributed by atoms with Gasteiger partial charge in [-0.25, -0.2) is 0 Å². The van der Waals surface area contributed by atoms with Crippen LogP contribution in [-0.4, -0.2) is 31.9 Å². The lowest BCUT2D eigenvalue weighted by molar-refractivity contribution is 0.161. The molecule has 0 saturated heterocycles. The molecule has 3 nitrogen and oxygen atoms in total. The molecule has 0 radical (unpaired) electrons. The van der Waals surface area contributed by atoms with Gasteiger partial charge in [-0.1, -0.05) is 50.5 Å². The fourth-order valence-electron chi connectivity index (χ4n) is 2.19. The van der Waals surface area contributed by atoms with Crippen molar-refractivity contribution in [3.8, 4) is 0 Å². The normalized spacial score (nSPS) is 12.6. The van der Waals surface area contributed by atoms with Gasteiger partial charge in [-0.05, 0) is 24.0 Å². The number of unbranched alkanes of at least 4 members (excludes halogenated alkanes) is 3. The van der Waals surface area contributed by atoms with Gasteiger partial charge in [0.2, 0.25) is 0 Å². The quantitative estimate of drug-likeness (QED) is 0.612. The van der Waals surface area contributed by atoms with E-state index in [-0.39, 0.29) is 0 Å². The summed E-state index contributed by atoms with van der Waals surface area (Å²) in [4.78, 5) is 0. The van der Waals surface area contributed by atoms with E-state index in [1.807, 2.05) is 12.1 Å². The third-order valence-electron chi connectivity index (χ3n) is 3.50. The number of aryl methyl sites for hydroxylation is 1. The number of aliphatic hydroxyl groups excluding tert-OH is 1. The Hall–Kier alpha value is -0.900. The number of hydrogen-bond donors (Lipinski definition) is 2. The zero-order valence-electron chi connectivity index (χ0n) is 12.9. The maximum absolute atomic E-state index is 10.1. The summed E-state index contributed by atoms with van der Waals surface area (Å²) in [6.45, 7) is 4.24. The Bertz CT molecular complexity index is 337. The molecule has 1 aromatic rings. The van der Waals surface area contributed by atoms with Gasteiger partial charge in [-0.3, -0.25) is 0 Å². The van der Waals surface area contributed by atoms with Crippen LogP contribution in [0.1, 0.15) is 49.8 Å². The summed E-state index contributed by atoms with van der Waals surface area (Å²) in [5, 5.41) is 13.2. The minimum Gasteiger partial charge on any atom is -0.387 e. The maximum atomic E-state index is 10.1. The highest BCUT2D eigenvalue weighted by atomic mass is 16.5. The molecule has 20 heavy (non-hydrogen) atoms. The van der Waals surface area contributed by atoms with Crippen molar-refractivity contribution in [3.05, 3.63) is 35.4 Å². The van der Waals surface area contributed by atoms with Crippen LogP contribution in [0.2, 0.25) is 0 Å². The van der Waals surface area contributed by atoms with Crippen molar-refractivity contribution in [2.75, 3.05) is 26.8 Å². The topological polar surface area (TPSA) is 41.5 Å².